The van der Waals surface area contributed by atoms with Crippen LogP contribution >= 0.6 is 0 Å². The first-order valence-corrected chi connectivity index (χ1v) is 10.5. The Morgan fingerprint density at radius 1 is 1.03 bits per heavy atom. The van der Waals surface area contributed by atoms with Crippen molar-refractivity contribution in [1.29, 1.82) is 0 Å². The highest BCUT2D eigenvalue weighted by Gasteiger charge is 2.13. The van der Waals surface area contributed by atoms with Crippen LogP contribution in [-0.2, 0) is 13.2 Å². The molecule has 0 unspecified atom stereocenters. The molecule has 170 valence electrons. The molecule has 5 rings (SSSR count). The Hall–Kier alpha value is -4.66. The van der Waals surface area contributed by atoms with Crippen LogP contribution in [0.4, 0.5) is 10.1 Å². The molecular weight excluding hydrogens is 439 g/mol. The molecule has 0 atom stereocenters. The van der Waals surface area contributed by atoms with Gasteiger partial charge >= 0.3 is 5.69 Å². The number of pyridine rings is 1. The zero-order chi connectivity index (χ0) is 23.5. The largest absolute Gasteiger partial charge is 0.486 e. The van der Waals surface area contributed by atoms with Crippen LogP contribution < -0.4 is 15.7 Å². The summed E-state index contributed by atoms with van der Waals surface area (Å²) in [6.45, 7) is 0.359. The average Bonchev–Trinajstić information content (AvgIpc) is 3.44. The second-order valence-corrected chi connectivity index (χ2v) is 7.53. The molecule has 8 nitrogen and oxygen atoms in total. The van der Waals surface area contributed by atoms with Crippen molar-refractivity contribution < 1.29 is 18.3 Å². The fraction of sp³-hybridized carbons (Fsp3) is 0.0800. The van der Waals surface area contributed by atoms with Crippen LogP contribution in [0.1, 0.15) is 21.9 Å². The molecule has 2 aromatic carbocycles. The van der Waals surface area contributed by atoms with Crippen molar-refractivity contribution in [2.75, 3.05) is 5.32 Å². The minimum Gasteiger partial charge on any atom is -0.486 e. The Bertz CT molecular complexity index is 1520. The molecule has 0 bridgehead atoms. The molecule has 0 aliphatic heterocycles. The van der Waals surface area contributed by atoms with Gasteiger partial charge in [-0.15, -0.1) is 5.10 Å². The molecule has 1 N–H and O–H groups in total. The Morgan fingerprint density at radius 2 is 1.88 bits per heavy atom. The Morgan fingerprint density at radius 3 is 2.71 bits per heavy atom. The lowest BCUT2D eigenvalue weighted by Crippen LogP contribution is -2.21. The number of aromatic nitrogens is 3. The van der Waals surface area contributed by atoms with Crippen molar-refractivity contribution in [3.63, 3.8) is 0 Å². The third kappa shape index (κ3) is 4.58. The normalized spacial score (nSPS) is 11.0. The SMILES string of the molecule is O=C(Nc1cccc(Cn2nc3ccccn3c2=O)c1)c1ccc(COc2ccc(F)cc2)o1. The number of nitrogens with zero attached hydrogens (tertiary/aromatic N) is 3. The maximum atomic E-state index is 13.0. The number of rotatable bonds is 7. The highest BCUT2D eigenvalue weighted by Crippen LogP contribution is 2.17. The van der Waals surface area contributed by atoms with Crippen LogP contribution in [0.2, 0.25) is 0 Å². The zero-order valence-corrected chi connectivity index (χ0v) is 17.8. The molecule has 5 aromatic rings. The topological polar surface area (TPSA) is 90.8 Å². The number of halogens is 1. The maximum Gasteiger partial charge on any atom is 0.350 e. The fourth-order valence-electron chi connectivity index (χ4n) is 3.45. The summed E-state index contributed by atoms with van der Waals surface area (Å²) in [6, 6.07) is 21.3. The molecule has 9 heteroatoms. The smallest absolute Gasteiger partial charge is 0.350 e. The number of fused-ring (bicyclic) bond motifs is 1. The molecule has 0 saturated carbocycles. The summed E-state index contributed by atoms with van der Waals surface area (Å²) in [4.78, 5) is 25.1. The first kappa shape index (κ1) is 21.2. The lowest BCUT2D eigenvalue weighted by molar-refractivity contribution is 0.0992. The molecule has 0 aliphatic carbocycles. The highest BCUT2D eigenvalue weighted by atomic mass is 19.1. The summed E-state index contributed by atoms with van der Waals surface area (Å²) in [5, 5.41) is 7.12. The number of hydrogen-bond acceptors (Lipinski definition) is 5. The van der Waals surface area contributed by atoms with Gasteiger partial charge in [0.25, 0.3) is 5.91 Å². The molecular formula is C25H19FN4O4. The number of carbonyl (C=O) groups excluding carboxylic acids is 1. The Kier molecular flexibility index (Phi) is 5.65. The van der Waals surface area contributed by atoms with Gasteiger partial charge < -0.3 is 14.5 Å². The number of carbonyl (C=O) groups is 1. The summed E-state index contributed by atoms with van der Waals surface area (Å²) in [6.07, 6.45) is 1.67. The van der Waals surface area contributed by atoms with E-state index in [1.165, 1.54) is 33.3 Å². The van der Waals surface area contributed by atoms with Crippen LogP contribution in [0, 0.1) is 5.82 Å². The van der Waals surface area contributed by atoms with Crippen molar-refractivity contribution in [2.24, 2.45) is 0 Å². The van der Waals surface area contributed by atoms with E-state index in [2.05, 4.69) is 10.4 Å². The van der Waals surface area contributed by atoms with E-state index in [1.807, 2.05) is 12.1 Å². The summed E-state index contributed by atoms with van der Waals surface area (Å²) < 4.78 is 26.9. The lowest BCUT2D eigenvalue weighted by atomic mass is 10.2. The first-order valence-electron chi connectivity index (χ1n) is 10.5. The van der Waals surface area contributed by atoms with E-state index in [4.69, 9.17) is 9.15 Å². The minimum absolute atomic E-state index is 0.0994. The number of hydrogen-bond donors (Lipinski definition) is 1. The summed E-state index contributed by atoms with van der Waals surface area (Å²) >= 11 is 0. The number of furan rings is 1. The highest BCUT2D eigenvalue weighted by molar-refractivity contribution is 6.02. The van der Waals surface area contributed by atoms with E-state index in [0.717, 1.165) is 5.56 Å². The van der Waals surface area contributed by atoms with Gasteiger partial charge in [-0.25, -0.2) is 13.9 Å². The zero-order valence-electron chi connectivity index (χ0n) is 17.8. The van der Waals surface area contributed by atoms with Gasteiger partial charge in [-0.2, -0.15) is 0 Å². The van der Waals surface area contributed by atoms with Gasteiger partial charge in [-0.3, -0.25) is 9.20 Å². The molecule has 0 saturated heterocycles. The van der Waals surface area contributed by atoms with E-state index in [-0.39, 0.29) is 30.4 Å². The second-order valence-electron chi connectivity index (χ2n) is 7.53. The molecule has 0 fully saturated rings. The molecule has 0 aliphatic rings. The quantitative estimate of drug-likeness (QED) is 0.396. The monoisotopic (exact) mass is 458 g/mol. The summed E-state index contributed by atoms with van der Waals surface area (Å²) in [5.41, 5.74) is 1.68. The molecule has 1 amide bonds. The van der Waals surface area contributed by atoms with Crippen LogP contribution in [0.3, 0.4) is 0 Å². The third-order valence-electron chi connectivity index (χ3n) is 5.09. The third-order valence-corrected chi connectivity index (χ3v) is 5.09. The second kappa shape index (κ2) is 9.07. The van der Waals surface area contributed by atoms with Crippen LogP contribution in [0.5, 0.6) is 5.75 Å². The van der Waals surface area contributed by atoms with E-state index in [0.29, 0.717) is 22.8 Å². The Labute approximate surface area is 192 Å². The Balaban J connectivity index is 1.23. The molecule has 3 aromatic heterocycles. The summed E-state index contributed by atoms with van der Waals surface area (Å²) in [5.74, 6) is 0.299. The van der Waals surface area contributed by atoms with Crippen molar-refractivity contribution >= 4 is 17.2 Å². The van der Waals surface area contributed by atoms with Crippen LogP contribution in [0.25, 0.3) is 5.65 Å². The lowest BCUT2D eigenvalue weighted by Gasteiger charge is -2.06. The van der Waals surface area contributed by atoms with Gasteiger partial charge in [-0.05, 0) is 66.2 Å². The van der Waals surface area contributed by atoms with Gasteiger partial charge in [0.05, 0.1) is 6.54 Å². The van der Waals surface area contributed by atoms with Gasteiger partial charge in [0, 0.05) is 11.9 Å². The first-order chi connectivity index (χ1) is 16.5. The number of anilines is 1. The van der Waals surface area contributed by atoms with Crippen molar-refractivity contribution in [1.82, 2.24) is 14.2 Å². The van der Waals surface area contributed by atoms with Crippen LogP contribution in [-0.4, -0.2) is 20.1 Å². The van der Waals surface area contributed by atoms with Gasteiger partial charge in [0.2, 0.25) is 0 Å². The summed E-state index contributed by atoms with van der Waals surface area (Å²) in [7, 11) is 0. The van der Waals surface area contributed by atoms with Gasteiger partial charge in [-0.1, -0.05) is 18.2 Å². The van der Waals surface area contributed by atoms with E-state index < -0.39 is 5.91 Å². The number of benzene rings is 2. The molecule has 34 heavy (non-hydrogen) atoms. The van der Waals surface area contributed by atoms with E-state index in [1.54, 1.807) is 48.7 Å². The fourth-order valence-corrected chi connectivity index (χ4v) is 3.45. The minimum atomic E-state index is -0.421. The predicted octanol–water partition coefficient (Wildman–Crippen LogP) is 4.11. The van der Waals surface area contributed by atoms with Crippen molar-refractivity contribution in [2.45, 2.75) is 13.2 Å². The molecule has 0 radical (unpaired) electrons. The average molecular weight is 458 g/mol. The van der Waals surface area contributed by atoms with Crippen molar-refractivity contribution in [3.05, 3.63) is 118 Å². The van der Waals surface area contributed by atoms with E-state index >= 15 is 0 Å². The standard InChI is InChI=1S/C25H19FN4O4/c26-18-7-9-20(10-8-18)33-16-21-11-12-22(34-21)24(31)27-19-5-3-4-17(14-19)15-30-25(32)29-13-2-1-6-23(29)28-30/h1-14H,15-16H2,(H,27,31). The predicted molar refractivity (Wildman–Crippen MR) is 122 cm³/mol. The number of ether oxygens (including phenoxy) is 1. The van der Waals surface area contributed by atoms with Gasteiger partial charge in [0.1, 0.15) is 23.9 Å². The van der Waals surface area contributed by atoms with Crippen molar-refractivity contribution in [3.8, 4) is 5.75 Å². The van der Waals surface area contributed by atoms with Gasteiger partial charge in [0.15, 0.2) is 11.4 Å². The van der Waals surface area contributed by atoms with Crippen LogP contribution in [0.15, 0.2) is 94.3 Å². The van der Waals surface area contributed by atoms with E-state index in [9.17, 15) is 14.0 Å². The maximum absolute atomic E-state index is 13.0. The number of nitrogens with one attached hydrogen (secondary N) is 1. The molecule has 0 spiro atoms. The number of amides is 1. The molecule has 3 heterocycles.